The summed E-state index contributed by atoms with van der Waals surface area (Å²) in [5, 5.41) is 0. The van der Waals surface area contributed by atoms with Crippen LogP contribution in [-0.2, 0) is 20.1 Å². The highest BCUT2D eigenvalue weighted by atomic mass is 16.7. The Labute approximate surface area is 190 Å². The van der Waals surface area contributed by atoms with E-state index in [-0.39, 0.29) is 29.2 Å². The fourth-order valence-electron chi connectivity index (χ4n) is 3.83. The van der Waals surface area contributed by atoms with Crippen LogP contribution in [0, 0.1) is 0 Å². The Balaban J connectivity index is 1.95. The van der Waals surface area contributed by atoms with Crippen molar-refractivity contribution in [2.45, 2.75) is 91.3 Å². The van der Waals surface area contributed by atoms with Crippen molar-refractivity contribution in [3.05, 3.63) is 59.7 Å². The molecule has 0 atom stereocenters. The second-order valence-electron chi connectivity index (χ2n) is 11.9. The van der Waals surface area contributed by atoms with E-state index >= 15 is 0 Å². The molecule has 0 spiro atoms. The summed E-state index contributed by atoms with van der Waals surface area (Å²) in [6, 6.07) is 17.8. The number of benzene rings is 2. The summed E-state index contributed by atoms with van der Waals surface area (Å²) in [6.45, 7) is 21.9. The second kappa shape index (κ2) is 7.97. The molecule has 1 saturated heterocycles. The predicted molar refractivity (Wildman–Crippen MR) is 133 cm³/mol. The Hall–Kier alpha value is -1.78. The fraction of sp³-hybridized carbons (Fsp3) is 0.556. The van der Waals surface area contributed by atoms with Gasteiger partial charge < -0.3 is 14.2 Å². The maximum atomic E-state index is 6.33. The van der Waals surface area contributed by atoms with E-state index in [1.807, 2.05) is 0 Å². The lowest BCUT2D eigenvalue weighted by molar-refractivity contribution is 0.00578. The minimum Gasteiger partial charge on any atom is -0.402 e. The Kier molecular flexibility index (Phi) is 6.14. The van der Waals surface area contributed by atoms with Crippen LogP contribution in [-0.4, -0.2) is 24.8 Å². The predicted octanol–water partition coefficient (Wildman–Crippen LogP) is 7.05. The van der Waals surface area contributed by atoms with Crippen LogP contribution in [0.25, 0.3) is 0 Å². The fourth-order valence-corrected chi connectivity index (χ4v) is 3.83. The Morgan fingerprint density at radius 1 is 0.645 bits per heavy atom. The van der Waals surface area contributed by atoms with Gasteiger partial charge in [-0.2, -0.15) is 0 Å². The van der Waals surface area contributed by atoms with Gasteiger partial charge in [0.25, 0.3) is 0 Å². The normalized spacial score (nSPS) is 18.3. The average molecular weight is 421 g/mol. The highest BCUT2D eigenvalue weighted by Gasteiger charge is 2.51. The zero-order valence-corrected chi connectivity index (χ0v) is 21.2. The van der Waals surface area contributed by atoms with Crippen molar-refractivity contribution in [1.29, 1.82) is 0 Å². The molecular formula is C27H40BNO2. The summed E-state index contributed by atoms with van der Waals surface area (Å²) < 4.78 is 12.7. The Bertz CT molecular complexity index is 813. The summed E-state index contributed by atoms with van der Waals surface area (Å²) in [6.07, 6.45) is 0.636. The Morgan fingerprint density at radius 2 is 0.968 bits per heavy atom. The van der Waals surface area contributed by atoms with Crippen molar-refractivity contribution < 1.29 is 9.31 Å². The van der Waals surface area contributed by atoms with Crippen LogP contribution in [0.4, 0.5) is 11.4 Å². The van der Waals surface area contributed by atoms with Crippen molar-refractivity contribution in [2.75, 3.05) is 11.3 Å². The maximum absolute atomic E-state index is 6.33. The molecule has 1 aliphatic rings. The first-order valence-electron chi connectivity index (χ1n) is 11.4. The Morgan fingerprint density at radius 3 is 1.26 bits per heavy atom. The quantitative estimate of drug-likeness (QED) is 0.494. The van der Waals surface area contributed by atoms with Gasteiger partial charge in [0.15, 0.2) is 0 Å². The van der Waals surface area contributed by atoms with Crippen LogP contribution in [0.1, 0.15) is 80.4 Å². The molecule has 0 aliphatic carbocycles. The van der Waals surface area contributed by atoms with Gasteiger partial charge in [-0.05, 0) is 73.9 Å². The van der Waals surface area contributed by atoms with Crippen LogP contribution in [0.15, 0.2) is 48.5 Å². The van der Waals surface area contributed by atoms with Gasteiger partial charge in [-0.15, -0.1) is 0 Å². The molecule has 0 bridgehead atoms. The molecule has 0 aromatic heterocycles. The van der Waals surface area contributed by atoms with E-state index in [0.29, 0.717) is 6.44 Å². The number of hydrogen-bond donors (Lipinski definition) is 0. The lowest BCUT2D eigenvalue weighted by atomic mass is 9.85. The zero-order chi connectivity index (χ0) is 23.2. The number of anilines is 2. The summed E-state index contributed by atoms with van der Waals surface area (Å²) in [5.74, 6) is 0. The molecule has 0 N–H and O–H groups in total. The third kappa shape index (κ3) is 5.18. The van der Waals surface area contributed by atoms with Crippen molar-refractivity contribution in [2.24, 2.45) is 0 Å². The van der Waals surface area contributed by atoms with Crippen molar-refractivity contribution in [3.63, 3.8) is 0 Å². The van der Waals surface area contributed by atoms with Crippen LogP contribution in [0.2, 0.25) is 0 Å². The molecule has 0 radical (unpaired) electrons. The molecule has 168 valence electrons. The van der Waals surface area contributed by atoms with Crippen molar-refractivity contribution in [1.82, 2.24) is 0 Å². The van der Waals surface area contributed by atoms with E-state index in [0.717, 1.165) is 11.4 Å². The third-order valence-electron chi connectivity index (χ3n) is 6.72. The smallest absolute Gasteiger partial charge is 0.402 e. The molecular weight excluding hydrogens is 381 g/mol. The van der Waals surface area contributed by atoms with Crippen molar-refractivity contribution in [3.8, 4) is 0 Å². The van der Waals surface area contributed by atoms with E-state index in [1.165, 1.54) is 11.1 Å². The molecule has 1 aliphatic heterocycles. The average Bonchev–Trinajstić information content (AvgIpc) is 2.85. The number of hydrogen-bond acceptors (Lipinski definition) is 3. The van der Waals surface area contributed by atoms with Crippen molar-refractivity contribution >= 4 is 18.5 Å². The van der Waals surface area contributed by atoms with E-state index < -0.39 is 0 Å². The van der Waals surface area contributed by atoms with E-state index in [2.05, 4.69) is 123 Å². The van der Waals surface area contributed by atoms with Crippen LogP contribution >= 0.6 is 0 Å². The van der Waals surface area contributed by atoms with Crippen LogP contribution < -0.4 is 4.90 Å². The molecule has 31 heavy (non-hydrogen) atoms. The van der Waals surface area contributed by atoms with Gasteiger partial charge in [-0.1, -0.05) is 65.8 Å². The van der Waals surface area contributed by atoms with Crippen LogP contribution in [0.3, 0.4) is 0 Å². The largest absolute Gasteiger partial charge is 0.479 e. The first-order chi connectivity index (χ1) is 14.1. The first kappa shape index (κ1) is 23.9. The topological polar surface area (TPSA) is 21.7 Å². The molecule has 3 nitrogen and oxygen atoms in total. The number of nitrogens with zero attached hydrogens (tertiary/aromatic N) is 1. The molecule has 0 amide bonds. The molecule has 2 aromatic rings. The van der Waals surface area contributed by atoms with E-state index in [4.69, 9.17) is 9.31 Å². The second-order valence-corrected chi connectivity index (χ2v) is 11.9. The molecule has 0 unspecified atom stereocenters. The lowest BCUT2D eigenvalue weighted by Gasteiger charge is -2.32. The lowest BCUT2D eigenvalue weighted by Crippen LogP contribution is -2.41. The van der Waals surface area contributed by atoms with Gasteiger partial charge in [-0.25, -0.2) is 0 Å². The minimum atomic E-state index is -0.338. The van der Waals surface area contributed by atoms with Gasteiger partial charge in [0.05, 0.1) is 17.6 Å². The molecule has 1 fully saturated rings. The third-order valence-corrected chi connectivity index (χ3v) is 6.72. The van der Waals surface area contributed by atoms with Gasteiger partial charge in [0, 0.05) is 11.4 Å². The maximum Gasteiger partial charge on any atom is 0.479 e. The molecule has 3 rings (SSSR count). The zero-order valence-electron chi connectivity index (χ0n) is 21.2. The van der Waals surface area contributed by atoms with Gasteiger partial charge in [0.1, 0.15) is 0 Å². The molecule has 4 heteroatoms. The highest BCUT2D eigenvalue weighted by molar-refractivity contribution is 6.46. The molecule has 2 aromatic carbocycles. The minimum absolute atomic E-state index is 0.128. The van der Waals surface area contributed by atoms with Crippen LogP contribution in [0.5, 0.6) is 0 Å². The number of rotatable bonds is 4. The summed E-state index contributed by atoms with van der Waals surface area (Å²) in [4.78, 5) is 2.31. The first-order valence-corrected chi connectivity index (χ1v) is 11.4. The van der Waals surface area contributed by atoms with Gasteiger partial charge in [-0.3, -0.25) is 0 Å². The van der Waals surface area contributed by atoms with E-state index in [1.54, 1.807) is 0 Å². The van der Waals surface area contributed by atoms with Gasteiger partial charge in [0.2, 0.25) is 0 Å². The summed E-state index contributed by atoms with van der Waals surface area (Å²) in [5.41, 5.74) is 4.53. The molecule has 0 saturated carbocycles. The monoisotopic (exact) mass is 421 g/mol. The molecule has 1 heterocycles. The standard InChI is InChI=1S/C27H40BNO2/c1-24(2,3)20-11-15-22(16-12-20)29(19-28-30-26(7,8)27(9,10)31-28)23-17-13-21(14-18-23)25(4,5)6/h11-18H,19H2,1-10H3. The summed E-state index contributed by atoms with van der Waals surface area (Å²) in [7, 11) is -0.297. The highest BCUT2D eigenvalue weighted by Crippen LogP contribution is 2.38. The van der Waals surface area contributed by atoms with Gasteiger partial charge >= 0.3 is 7.12 Å². The summed E-state index contributed by atoms with van der Waals surface area (Å²) >= 11 is 0. The SMILES string of the molecule is CC(C)(C)c1ccc(N(CB2OC(C)(C)C(C)(C)O2)c2ccc(C(C)(C)C)cc2)cc1. The van der Waals surface area contributed by atoms with E-state index in [9.17, 15) is 0 Å².